The average Bonchev–Trinajstić information content (AvgIpc) is 2.37. The van der Waals surface area contributed by atoms with Gasteiger partial charge in [0.05, 0.1) is 5.56 Å². The maximum absolute atomic E-state index is 12.7. The van der Waals surface area contributed by atoms with Crippen LogP contribution >= 0.6 is 0 Å². The zero-order valence-corrected chi connectivity index (χ0v) is 10.8. The van der Waals surface area contributed by atoms with Gasteiger partial charge in [-0.25, -0.2) is 4.79 Å². The number of pyridine rings is 1. The molecule has 2 aromatic rings. The Morgan fingerprint density at radius 2 is 1.90 bits per heavy atom. The van der Waals surface area contributed by atoms with Gasteiger partial charge in [0.15, 0.2) is 5.43 Å². The van der Waals surface area contributed by atoms with E-state index in [1.807, 2.05) is 0 Å². The van der Waals surface area contributed by atoms with E-state index < -0.39 is 28.7 Å². The lowest BCUT2D eigenvalue weighted by atomic mass is 10.1. The molecule has 0 spiro atoms. The van der Waals surface area contributed by atoms with Gasteiger partial charge in [-0.3, -0.25) is 4.79 Å². The van der Waals surface area contributed by atoms with Gasteiger partial charge in [0.25, 0.3) is 0 Å². The quantitative estimate of drug-likeness (QED) is 0.927. The van der Waals surface area contributed by atoms with Crippen molar-refractivity contribution in [1.82, 2.24) is 4.57 Å². The van der Waals surface area contributed by atoms with Crippen LogP contribution in [0.4, 0.5) is 13.2 Å². The Hall–Kier alpha value is -2.57. The fourth-order valence-corrected chi connectivity index (χ4v) is 1.90. The highest BCUT2D eigenvalue weighted by Gasteiger charge is 2.30. The predicted octanol–water partition coefficient (Wildman–Crippen LogP) is 2.86. The largest absolute Gasteiger partial charge is 0.477 e. The molecule has 4 nitrogen and oxygen atoms in total. The molecule has 0 aliphatic rings. The van der Waals surface area contributed by atoms with E-state index in [-0.39, 0.29) is 5.69 Å². The van der Waals surface area contributed by atoms with Crippen molar-refractivity contribution >= 4 is 5.97 Å². The minimum absolute atomic E-state index is 0.129. The van der Waals surface area contributed by atoms with Crippen molar-refractivity contribution in [2.45, 2.75) is 13.1 Å². The smallest absolute Gasteiger partial charge is 0.416 e. The summed E-state index contributed by atoms with van der Waals surface area (Å²) in [7, 11) is 0. The van der Waals surface area contributed by atoms with Gasteiger partial charge >= 0.3 is 12.1 Å². The van der Waals surface area contributed by atoms with E-state index in [0.29, 0.717) is 5.69 Å². The van der Waals surface area contributed by atoms with Gasteiger partial charge in [-0.05, 0) is 25.1 Å². The highest BCUT2D eigenvalue weighted by Crippen LogP contribution is 2.30. The number of rotatable bonds is 2. The Bertz CT molecular complexity index is 763. The number of aryl methyl sites for hydroxylation is 1. The average molecular weight is 297 g/mol. The third-order valence-corrected chi connectivity index (χ3v) is 2.93. The predicted molar refractivity (Wildman–Crippen MR) is 68.7 cm³/mol. The van der Waals surface area contributed by atoms with Crippen molar-refractivity contribution < 1.29 is 23.1 Å². The van der Waals surface area contributed by atoms with Crippen molar-refractivity contribution in [2.75, 3.05) is 0 Å². The second kappa shape index (κ2) is 5.08. The summed E-state index contributed by atoms with van der Waals surface area (Å²) in [6.45, 7) is 1.51. The number of nitrogens with zero attached hydrogens (tertiary/aromatic N) is 1. The highest BCUT2D eigenvalue weighted by atomic mass is 19.4. The molecule has 2 rings (SSSR count). The molecule has 0 bridgehead atoms. The summed E-state index contributed by atoms with van der Waals surface area (Å²) >= 11 is 0. The van der Waals surface area contributed by atoms with Crippen molar-refractivity contribution in [3.8, 4) is 5.69 Å². The number of aromatic nitrogens is 1. The first kappa shape index (κ1) is 14.8. The number of carbonyl (C=O) groups is 1. The molecular formula is C14H10F3NO3. The molecule has 0 amide bonds. The number of benzene rings is 1. The van der Waals surface area contributed by atoms with E-state index in [9.17, 15) is 22.8 Å². The van der Waals surface area contributed by atoms with Crippen LogP contribution in [0.2, 0.25) is 0 Å². The van der Waals surface area contributed by atoms with E-state index in [1.165, 1.54) is 23.6 Å². The van der Waals surface area contributed by atoms with Crippen LogP contribution in [0, 0.1) is 6.92 Å². The van der Waals surface area contributed by atoms with Crippen molar-refractivity contribution in [3.05, 3.63) is 63.6 Å². The van der Waals surface area contributed by atoms with Crippen LogP contribution in [0.15, 0.2) is 41.3 Å². The van der Waals surface area contributed by atoms with Gasteiger partial charge in [0.2, 0.25) is 0 Å². The Balaban J connectivity index is 2.65. The van der Waals surface area contributed by atoms with Crippen LogP contribution in [0.25, 0.3) is 5.69 Å². The zero-order valence-electron chi connectivity index (χ0n) is 10.8. The van der Waals surface area contributed by atoms with Crippen molar-refractivity contribution in [1.29, 1.82) is 0 Å². The molecule has 1 aromatic heterocycles. The Morgan fingerprint density at radius 3 is 2.48 bits per heavy atom. The molecular weight excluding hydrogens is 287 g/mol. The summed E-state index contributed by atoms with van der Waals surface area (Å²) in [5.41, 5.74) is -1.58. The molecule has 1 N–H and O–H groups in total. The normalized spacial score (nSPS) is 11.4. The van der Waals surface area contributed by atoms with Crippen molar-refractivity contribution in [2.24, 2.45) is 0 Å². The standard InChI is InChI=1S/C14H10F3NO3/c1-8-5-12(19)11(13(20)21)7-18(8)10-4-2-3-9(6-10)14(15,16)17/h2-7H,1H3,(H,20,21). The van der Waals surface area contributed by atoms with E-state index in [0.717, 1.165) is 24.4 Å². The van der Waals surface area contributed by atoms with E-state index in [4.69, 9.17) is 5.11 Å². The second-order valence-electron chi connectivity index (χ2n) is 4.42. The number of carboxylic acid groups (broad SMARTS) is 1. The van der Waals surface area contributed by atoms with E-state index in [1.54, 1.807) is 0 Å². The lowest BCUT2D eigenvalue weighted by Gasteiger charge is -2.14. The first-order valence-corrected chi connectivity index (χ1v) is 5.84. The van der Waals surface area contributed by atoms with Gasteiger partial charge in [0, 0.05) is 23.6 Å². The monoisotopic (exact) mass is 297 g/mol. The highest BCUT2D eigenvalue weighted by molar-refractivity contribution is 5.87. The summed E-state index contributed by atoms with van der Waals surface area (Å²) in [5, 5.41) is 8.92. The van der Waals surface area contributed by atoms with Gasteiger partial charge < -0.3 is 9.67 Å². The molecule has 7 heteroatoms. The Kier molecular flexibility index (Phi) is 3.59. The maximum Gasteiger partial charge on any atom is 0.416 e. The zero-order chi connectivity index (χ0) is 15.8. The number of hydrogen-bond acceptors (Lipinski definition) is 2. The molecule has 0 unspecified atom stereocenters. The third-order valence-electron chi connectivity index (χ3n) is 2.93. The van der Waals surface area contributed by atoms with Gasteiger partial charge in [-0.2, -0.15) is 13.2 Å². The maximum atomic E-state index is 12.7. The number of halogens is 3. The molecule has 0 saturated heterocycles. The van der Waals surface area contributed by atoms with Gasteiger partial charge in [-0.15, -0.1) is 0 Å². The fraction of sp³-hybridized carbons (Fsp3) is 0.143. The van der Waals surface area contributed by atoms with Gasteiger partial charge in [0.1, 0.15) is 5.56 Å². The summed E-state index contributed by atoms with van der Waals surface area (Å²) < 4.78 is 39.3. The molecule has 0 aliphatic heterocycles. The first-order valence-electron chi connectivity index (χ1n) is 5.84. The molecule has 0 saturated carbocycles. The van der Waals surface area contributed by atoms with Crippen LogP contribution in [-0.2, 0) is 6.18 Å². The molecule has 1 heterocycles. The van der Waals surface area contributed by atoms with Crippen molar-refractivity contribution in [3.63, 3.8) is 0 Å². The summed E-state index contributed by atoms with van der Waals surface area (Å²) in [4.78, 5) is 22.5. The summed E-state index contributed by atoms with van der Waals surface area (Å²) in [6.07, 6.45) is -3.48. The fourth-order valence-electron chi connectivity index (χ4n) is 1.90. The van der Waals surface area contributed by atoms with Crippen LogP contribution in [0.1, 0.15) is 21.6 Å². The molecule has 1 aromatic carbocycles. The molecule has 0 atom stereocenters. The molecule has 0 radical (unpaired) electrons. The molecule has 21 heavy (non-hydrogen) atoms. The number of carboxylic acids is 1. The number of aromatic carboxylic acids is 1. The van der Waals surface area contributed by atoms with Crippen LogP contribution in [-0.4, -0.2) is 15.6 Å². The minimum atomic E-state index is -4.50. The third kappa shape index (κ3) is 2.96. The molecule has 0 aliphatic carbocycles. The summed E-state index contributed by atoms with van der Waals surface area (Å²) in [6, 6.07) is 5.50. The Labute approximate surface area is 117 Å². The number of alkyl halides is 3. The summed E-state index contributed by atoms with van der Waals surface area (Å²) in [5.74, 6) is -1.43. The van der Waals surface area contributed by atoms with E-state index >= 15 is 0 Å². The lowest BCUT2D eigenvalue weighted by molar-refractivity contribution is -0.137. The van der Waals surface area contributed by atoms with E-state index in [2.05, 4.69) is 0 Å². The first-order chi connectivity index (χ1) is 9.70. The number of hydrogen-bond donors (Lipinski definition) is 1. The molecule has 0 fully saturated rings. The lowest BCUT2D eigenvalue weighted by Crippen LogP contribution is -2.18. The minimum Gasteiger partial charge on any atom is -0.477 e. The topological polar surface area (TPSA) is 59.3 Å². The van der Waals surface area contributed by atoms with Crippen LogP contribution in [0.5, 0.6) is 0 Å². The SMILES string of the molecule is Cc1cc(=O)c(C(=O)O)cn1-c1cccc(C(F)(F)F)c1. The van der Waals surface area contributed by atoms with Crippen LogP contribution < -0.4 is 5.43 Å². The van der Waals surface area contributed by atoms with Crippen LogP contribution in [0.3, 0.4) is 0 Å². The molecule has 110 valence electrons. The van der Waals surface area contributed by atoms with Gasteiger partial charge in [-0.1, -0.05) is 6.07 Å². The Morgan fingerprint density at radius 1 is 1.24 bits per heavy atom. The second-order valence-corrected chi connectivity index (χ2v) is 4.42.